The highest BCUT2D eigenvalue weighted by atomic mass is 32.2. The van der Waals surface area contributed by atoms with E-state index in [1.54, 1.807) is 0 Å². The van der Waals surface area contributed by atoms with Crippen molar-refractivity contribution in [3.63, 3.8) is 0 Å². The zero-order valence-corrected chi connectivity index (χ0v) is 16.1. The zero-order chi connectivity index (χ0) is 16.7. The van der Waals surface area contributed by atoms with Gasteiger partial charge in [-0.1, -0.05) is 19.3 Å². The molecule has 2 heterocycles. The molecule has 1 spiro atoms. The van der Waals surface area contributed by atoms with E-state index < -0.39 is 0 Å². The summed E-state index contributed by atoms with van der Waals surface area (Å²) >= 11 is 2.23. The number of morpholine rings is 1. The lowest BCUT2D eigenvalue weighted by Crippen LogP contribution is -2.53. The molecule has 3 rings (SSSR count). The van der Waals surface area contributed by atoms with Crippen molar-refractivity contribution >= 4 is 17.7 Å². The fourth-order valence-corrected chi connectivity index (χ4v) is 5.64. The van der Waals surface area contributed by atoms with Crippen LogP contribution in [-0.2, 0) is 4.74 Å². The molecule has 2 saturated heterocycles. The Bertz CT molecular complexity index is 400. The van der Waals surface area contributed by atoms with Crippen molar-refractivity contribution in [2.24, 2.45) is 4.99 Å². The predicted molar refractivity (Wildman–Crippen MR) is 103 cm³/mol. The second-order valence-electron chi connectivity index (χ2n) is 7.20. The van der Waals surface area contributed by atoms with E-state index in [-0.39, 0.29) is 0 Å². The molecular formula is C18H34N4OS. The molecule has 0 aromatic rings. The van der Waals surface area contributed by atoms with Gasteiger partial charge in [0.25, 0.3) is 0 Å². The number of nitrogens with one attached hydrogen (secondary N) is 1. The Morgan fingerprint density at radius 1 is 1.17 bits per heavy atom. The minimum atomic E-state index is 0.497. The Kier molecular flexibility index (Phi) is 7.10. The van der Waals surface area contributed by atoms with E-state index in [4.69, 9.17) is 9.73 Å². The number of nitrogens with zero attached hydrogens (tertiary/aromatic N) is 3. The second kappa shape index (κ2) is 9.30. The van der Waals surface area contributed by atoms with Gasteiger partial charge in [0, 0.05) is 49.8 Å². The van der Waals surface area contributed by atoms with Crippen molar-refractivity contribution < 1.29 is 4.74 Å². The van der Waals surface area contributed by atoms with Crippen molar-refractivity contribution in [2.75, 3.05) is 64.8 Å². The van der Waals surface area contributed by atoms with Gasteiger partial charge in [-0.15, -0.1) is 0 Å². The van der Waals surface area contributed by atoms with Crippen LogP contribution < -0.4 is 5.32 Å². The molecule has 1 saturated carbocycles. The first kappa shape index (κ1) is 18.3. The average Bonchev–Trinajstić information content (AvgIpc) is 2.63. The molecule has 6 heteroatoms. The van der Waals surface area contributed by atoms with Gasteiger partial charge in [0.15, 0.2) is 5.96 Å². The summed E-state index contributed by atoms with van der Waals surface area (Å²) in [5.41, 5.74) is 0. The van der Waals surface area contributed by atoms with Crippen LogP contribution in [-0.4, -0.2) is 85.3 Å². The van der Waals surface area contributed by atoms with Crippen LogP contribution in [0.3, 0.4) is 0 Å². The largest absolute Gasteiger partial charge is 0.379 e. The Balaban J connectivity index is 1.55. The van der Waals surface area contributed by atoms with Gasteiger partial charge in [0.1, 0.15) is 0 Å². The Morgan fingerprint density at radius 2 is 1.96 bits per heavy atom. The topological polar surface area (TPSA) is 40.1 Å². The minimum Gasteiger partial charge on any atom is -0.379 e. The molecule has 0 aromatic heterocycles. The van der Waals surface area contributed by atoms with Gasteiger partial charge in [-0.3, -0.25) is 9.89 Å². The Labute approximate surface area is 151 Å². The molecule has 5 nitrogen and oxygen atoms in total. The van der Waals surface area contributed by atoms with Crippen molar-refractivity contribution in [3.05, 3.63) is 0 Å². The Hall–Kier alpha value is -0.460. The van der Waals surface area contributed by atoms with E-state index in [0.717, 1.165) is 58.4 Å². The monoisotopic (exact) mass is 354 g/mol. The lowest BCUT2D eigenvalue weighted by molar-refractivity contribution is 0.0394. The quantitative estimate of drug-likeness (QED) is 0.618. The van der Waals surface area contributed by atoms with Crippen molar-refractivity contribution in [1.82, 2.24) is 15.1 Å². The molecule has 2 aliphatic heterocycles. The molecule has 0 radical (unpaired) electrons. The van der Waals surface area contributed by atoms with Gasteiger partial charge >= 0.3 is 0 Å². The van der Waals surface area contributed by atoms with Crippen LogP contribution in [0, 0.1) is 0 Å². The summed E-state index contributed by atoms with van der Waals surface area (Å²) in [4.78, 5) is 9.94. The van der Waals surface area contributed by atoms with Crippen LogP contribution in [0.5, 0.6) is 0 Å². The SMILES string of the molecule is CCNC(=NCCN1CCOCC1)N1CCSC2(CCCCC2)C1. The lowest BCUT2D eigenvalue weighted by atomic mass is 9.87. The summed E-state index contributed by atoms with van der Waals surface area (Å²) in [6.45, 7) is 11.2. The smallest absolute Gasteiger partial charge is 0.194 e. The van der Waals surface area contributed by atoms with Gasteiger partial charge in [0.2, 0.25) is 0 Å². The molecular weight excluding hydrogens is 320 g/mol. The van der Waals surface area contributed by atoms with Crippen LogP contribution in [0.1, 0.15) is 39.0 Å². The van der Waals surface area contributed by atoms with E-state index >= 15 is 0 Å². The van der Waals surface area contributed by atoms with Crippen molar-refractivity contribution in [2.45, 2.75) is 43.8 Å². The molecule has 138 valence electrons. The minimum absolute atomic E-state index is 0.497. The molecule has 3 aliphatic rings. The third-order valence-corrected chi connectivity index (χ3v) is 6.97. The number of thioether (sulfide) groups is 1. The van der Waals surface area contributed by atoms with Crippen LogP contribution in [0.4, 0.5) is 0 Å². The first-order valence-electron chi connectivity index (χ1n) is 9.79. The third-order valence-electron chi connectivity index (χ3n) is 5.43. The number of aliphatic imine (C=N–C) groups is 1. The van der Waals surface area contributed by atoms with E-state index in [1.807, 2.05) is 0 Å². The maximum absolute atomic E-state index is 5.42. The van der Waals surface area contributed by atoms with Crippen LogP contribution >= 0.6 is 11.8 Å². The number of ether oxygens (including phenoxy) is 1. The molecule has 3 fully saturated rings. The van der Waals surface area contributed by atoms with Crippen molar-refractivity contribution in [3.8, 4) is 0 Å². The summed E-state index contributed by atoms with van der Waals surface area (Å²) < 4.78 is 5.92. The van der Waals surface area contributed by atoms with E-state index in [1.165, 1.54) is 44.4 Å². The predicted octanol–water partition coefficient (Wildman–Crippen LogP) is 2.04. The normalized spacial score (nSPS) is 25.9. The maximum Gasteiger partial charge on any atom is 0.194 e. The first-order chi connectivity index (χ1) is 11.8. The molecule has 0 bridgehead atoms. The van der Waals surface area contributed by atoms with Gasteiger partial charge < -0.3 is 15.0 Å². The maximum atomic E-state index is 5.42. The van der Waals surface area contributed by atoms with E-state index in [2.05, 4.69) is 33.8 Å². The summed E-state index contributed by atoms with van der Waals surface area (Å²) in [5.74, 6) is 2.38. The summed E-state index contributed by atoms with van der Waals surface area (Å²) in [6.07, 6.45) is 7.02. The van der Waals surface area contributed by atoms with Gasteiger partial charge in [-0.2, -0.15) is 11.8 Å². The Morgan fingerprint density at radius 3 is 2.71 bits per heavy atom. The molecule has 0 aromatic carbocycles. The van der Waals surface area contributed by atoms with Crippen LogP contribution in [0.15, 0.2) is 4.99 Å². The van der Waals surface area contributed by atoms with Crippen LogP contribution in [0.2, 0.25) is 0 Å². The number of rotatable bonds is 4. The molecule has 1 N–H and O–H groups in total. The van der Waals surface area contributed by atoms with Gasteiger partial charge in [-0.25, -0.2) is 0 Å². The summed E-state index contributed by atoms with van der Waals surface area (Å²) in [6, 6.07) is 0. The van der Waals surface area contributed by atoms with Gasteiger partial charge in [0.05, 0.1) is 19.8 Å². The third kappa shape index (κ3) is 5.02. The van der Waals surface area contributed by atoms with E-state index in [0.29, 0.717) is 4.75 Å². The van der Waals surface area contributed by atoms with Crippen LogP contribution in [0.25, 0.3) is 0 Å². The first-order valence-corrected chi connectivity index (χ1v) is 10.8. The summed E-state index contributed by atoms with van der Waals surface area (Å²) in [5, 5.41) is 3.54. The molecule has 24 heavy (non-hydrogen) atoms. The highest BCUT2D eigenvalue weighted by molar-refractivity contribution is 8.00. The molecule has 0 amide bonds. The lowest BCUT2D eigenvalue weighted by Gasteiger charge is -2.45. The highest BCUT2D eigenvalue weighted by Gasteiger charge is 2.38. The zero-order valence-electron chi connectivity index (χ0n) is 15.3. The fourth-order valence-electron chi connectivity index (χ4n) is 4.07. The van der Waals surface area contributed by atoms with Crippen molar-refractivity contribution in [1.29, 1.82) is 0 Å². The molecule has 1 aliphatic carbocycles. The molecule has 0 atom stereocenters. The summed E-state index contributed by atoms with van der Waals surface area (Å²) in [7, 11) is 0. The van der Waals surface area contributed by atoms with Gasteiger partial charge in [-0.05, 0) is 19.8 Å². The average molecular weight is 355 g/mol. The number of hydrogen-bond acceptors (Lipinski definition) is 4. The fraction of sp³-hybridized carbons (Fsp3) is 0.944. The number of guanidine groups is 1. The molecule has 0 unspecified atom stereocenters. The highest BCUT2D eigenvalue weighted by Crippen LogP contribution is 2.42. The van der Waals surface area contributed by atoms with E-state index in [9.17, 15) is 0 Å². The second-order valence-corrected chi connectivity index (χ2v) is 8.77. The standard InChI is InChI=1S/C18H34N4OS/c1-2-19-17(20-8-9-21-10-13-23-14-11-21)22-12-15-24-18(16-22)6-4-3-5-7-18/h2-16H2,1H3,(H,19,20). The number of hydrogen-bond donors (Lipinski definition) is 1.